The van der Waals surface area contributed by atoms with E-state index in [1.807, 2.05) is 0 Å². The fraction of sp³-hybridized carbons (Fsp3) is 0.179. The molecule has 0 spiro atoms. The Kier molecular flexibility index (Phi) is 6.61. The molecule has 2 heterocycles. The molecule has 0 saturated heterocycles. The van der Waals surface area contributed by atoms with Gasteiger partial charge in [0.05, 0.1) is 37.8 Å². The first-order chi connectivity index (χ1) is 18.4. The summed E-state index contributed by atoms with van der Waals surface area (Å²) in [7, 11) is 4.55. The van der Waals surface area contributed by atoms with Crippen LogP contribution in [0.3, 0.4) is 0 Å². The molecule has 1 amide bonds. The number of hydrogen-bond acceptors (Lipinski definition) is 8. The number of carbonyl (C=O) groups is 2. The minimum absolute atomic E-state index is 0.00956. The highest BCUT2D eigenvalue weighted by Gasteiger charge is 2.22. The molecule has 0 atom stereocenters. The number of benzene rings is 3. The number of carbonyl (C=O) groups excluding carboxylic acids is 2. The van der Waals surface area contributed by atoms with Crippen LogP contribution >= 0.6 is 0 Å². The van der Waals surface area contributed by atoms with Gasteiger partial charge in [-0.2, -0.15) is 0 Å². The second kappa shape index (κ2) is 10.2. The van der Waals surface area contributed by atoms with Crippen molar-refractivity contribution in [3.8, 4) is 28.7 Å². The Morgan fingerprint density at radius 1 is 0.868 bits per heavy atom. The Morgan fingerprint density at radius 3 is 2.13 bits per heavy atom. The van der Waals surface area contributed by atoms with Gasteiger partial charge in [-0.15, -0.1) is 0 Å². The van der Waals surface area contributed by atoms with Crippen molar-refractivity contribution >= 4 is 28.3 Å². The molecule has 1 aliphatic rings. The number of ether oxygens (including phenoxy) is 5. The normalized spacial score (nSPS) is 11.8. The Balaban J connectivity index is 1.55. The van der Waals surface area contributed by atoms with Crippen molar-refractivity contribution in [1.29, 1.82) is 0 Å². The molecule has 1 N–H and O–H groups in total. The zero-order chi connectivity index (χ0) is 26.8. The van der Waals surface area contributed by atoms with Crippen LogP contribution < -0.4 is 34.4 Å². The van der Waals surface area contributed by atoms with Crippen molar-refractivity contribution in [3.05, 3.63) is 82.1 Å². The lowest BCUT2D eigenvalue weighted by Crippen LogP contribution is -2.24. The monoisotopic (exact) mass is 516 g/mol. The van der Waals surface area contributed by atoms with E-state index < -0.39 is 17.1 Å². The maximum absolute atomic E-state index is 13.5. The topological polar surface area (TPSA) is 114 Å². The lowest BCUT2D eigenvalue weighted by molar-refractivity contribution is -0.116. The first-order valence-corrected chi connectivity index (χ1v) is 11.6. The van der Waals surface area contributed by atoms with Crippen molar-refractivity contribution in [1.82, 2.24) is 4.57 Å². The number of amides is 1. The summed E-state index contributed by atoms with van der Waals surface area (Å²) in [5.41, 5.74) is 0.626. The maximum atomic E-state index is 13.5. The van der Waals surface area contributed by atoms with Gasteiger partial charge < -0.3 is 33.6 Å². The van der Waals surface area contributed by atoms with Gasteiger partial charge >= 0.3 is 0 Å². The van der Waals surface area contributed by atoms with Gasteiger partial charge in [-0.3, -0.25) is 14.4 Å². The summed E-state index contributed by atoms with van der Waals surface area (Å²) in [6.45, 7) is -0.186. The van der Waals surface area contributed by atoms with E-state index in [1.54, 1.807) is 53.1 Å². The molecule has 0 bridgehead atoms. The number of fused-ring (bicyclic) bond motifs is 2. The van der Waals surface area contributed by atoms with Crippen LogP contribution in [0.2, 0.25) is 0 Å². The third kappa shape index (κ3) is 4.71. The van der Waals surface area contributed by atoms with Crippen molar-refractivity contribution in [2.45, 2.75) is 6.54 Å². The quantitative estimate of drug-likeness (QED) is 0.353. The Hall–Kier alpha value is -4.99. The van der Waals surface area contributed by atoms with Gasteiger partial charge in [0, 0.05) is 41.7 Å². The number of aromatic nitrogens is 1. The van der Waals surface area contributed by atoms with E-state index in [0.717, 1.165) is 0 Å². The summed E-state index contributed by atoms with van der Waals surface area (Å²) in [5, 5.41) is 3.04. The molecule has 0 saturated carbocycles. The molecule has 0 fully saturated rings. The van der Waals surface area contributed by atoms with Gasteiger partial charge in [0.2, 0.25) is 18.1 Å². The molecule has 1 aliphatic heterocycles. The molecule has 1 aromatic heterocycles. The van der Waals surface area contributed by atoms with E-state index in [2.05, 4.69) is 5.32 Å². The third-order valence-electron chi connectivity index (χ3n) is 6.12. The van der Waals surface area contributed by atoms with E-state index >= 15 is 0 Å². The SMILES string of the molecule is COc1ccc(C(=O)c2cn(CC(=O)Nc3cc(OC)cc(OC)c3)c3cc4c(cc3c2=O)OCO4)cc1. The standard InChI is InChI=1S/C28H24N2O8/c1-34-18-6-4-16(5-7-18)27(32)22-13-30(23-12-25-24(37-15-38-25)11-21(23)28(22)33)14-26(31)29-17-8-19(35-2)10-20(9-17)36-3/h4-13H,14-15H2,1-3H3,(H,29,31). The van der Waals surface area contributed by atoms with Crippen LogP contribution in [0.1, 0.15) is 15.9 Å². The maximum Gasteiger partial charge on any atom is 0.244 e. The molecular weight excluding hydrogens is 492 g/mol. The largest absolute Gasteiger partial charge is 0.497 e. The Bertz CT molecular complexity index is 1590. The van der Waals surface area contributed by atoms with Crippen LogP contribution in [0, 0.1) is 0 Å². The van der Waals surface area contributed by atoms with Crippen molar-refractivity contribution in [2.24, 2.45) is 0 Å². The first-order valence-electron chi connectivity index (χ1n) is 11.6. The van der Waals surface area contributed by atoms with Crippen LogP contribution in [0.15, 0.2) is 65.6 Å². The highest BCUT2D eigenvalue weighted by molar-refractivity contribution is 6.10. The second-order valence-corrected chi connectivity index (χ2v) is 8.43. The van der Waals surface area contributed by atoms with Crippen molar-refractivity contribution in [2.75, 3.05) is 33.4 Å². The number of ketones is 1. The predicted octanol–water partition coefficient (Wildman–Crippen LogP) is 3.63. The van der Waals surface area contributed by atoms with E-state index in [4.69, 9.17) is 23.7 Å². The molecule has 5 rings (SSSR count). The third-order valence-corrected chi connectivity index (χ3v) is 6.12. The number of anilines is 1. The predicted molar refractivity (Wildman–Crippen MR) is 139 cm³/mol. The molecule has 38 heavy (non-hydrogen) atoms. The van der Waals surface area contributed by atoms with E-state index in [1.165, 1.54) is 33.6 Å². The summed E-state index contributed by atoms with van der Waals surface area (Å²) in [6.07, 6.45) is 1.39. The Labute approximate surface area is 217 Å². The average Bonchev–Trinajstić information content (AvgIpc) is 3.40. The molecule has 3 aromatic carbocycles. The number of hydrogen-bond donors (Lipinski definition) is 1. The van der Waals surface area contributed by atoms with Crippen LogP contribution in [0.25, 0.3) is 10.9 Å². The lowest BCUT2D eigenvalue weighted by atomic mass is 10.0. The number of rotatable bonds is 8. The summed E-state index contributed by atoms with van der Waals surface area (Å²) in [4.78, 5) is 39.9. The second-order valence-electron chi connectivity index (χ2n) is 8.43. The number of pyridine rings is 1. The summed E-state index contributed by atoms with van der Waals surface area (Å²) in [5.74, 6) is 1.55. The minimum atomic E-state index is -0.482. The van der Waals surface area contributed by atoms with E-state index in [-0.39, 0.29) is 24.3 Å². The van der Waals surface area contributed by atoms with Crippen molar-refractivity contribution < 1.29 is 33.3 Å². The average molecular weight is 517 g/mol. The molecule has 10 heteroatoms. The van der Waals surface area contributed by atoms with Crippen LogP contribution in [0.5, 0.6) is 28.7 Å². The zero-order valence-electron chi connectivity index (χ0n) is 20.9. The number of methoxy groups -OCH3 is 3. The van der Waals surface area contributed by atoms with Gasteiger partial charge in [-0.05, 0) is 30.3 Å². The van der Waals surface area contributed by atoms with E-state index in [9.17, 15) is 14.4 Å². The van der Waals surface area contributed by atoms with Crippen LogP contribution in [0.4, 0.5) is 5.69 Å². The smallest absolute Gasteiger partial charge is 0.244 e. The van der Waals surface area contributed by atoms with Crippen molar-refractivity contribution in [3.63, 3.8) is 0 Å². The van der Waals surface area contributed by atoms with Gasteiger partial charge in [0.1, 0.15) is 23.8 Å². The van der Waals surface area contributed by atoms with Crippen LogP contribution in [-0.4, -0.2) is 44.4 Å². The highest BCUT2D eigenvalue weighted by Crippen LogP contribution is 2.35. The summed E-state index contributed by atoms with van der Waals surface area (Å²) in [6, 6.07) is 14.6. The molecule has 0 radical (unpaired) electrons. The first kappa shape index (κ1) is 24.7. The van der Waals surface area contributed by atoms with E-state index in [0.29, 0.717) is 45.5 Å². The fourth-order valence-corrected chi connectivity index (χ4v) is 4.21. The molecule has 0 unspecified atom stereocenters. The van der Waals surface area contributed by atoms with Crippen LogP contribution in [-0.2, 0) is 11.3 Å². The Morgan fingerprint density at radius 2 is 1.50 bits per heavy atom. The van der Waals surface area contributed by atoms with Gasteiger partial charge in [0.15, 0.2) is 17.3 Å². The van der Waals surface area contributed by atoms with Gasteiger partial charge in [0.25, 0.3) is 0 Å². The zero-order valence-corrected chi connectivity index (χ0v) is 20.9. The number of nitrogens with one attached hydrogen (secondary N) is 1. The lowest BCUT2D eigenvalue weighted by Gasteiger charge is -2.15. The summed E-state index contributed by atoms with van der Waals surface area (Å²) >= 11 is 0. The highest BCUT2D eigenvalue weighted by atomic mass is 16.7. The molecular formula is C28H24N2O8. The molecule has 0 aliphatic carbocycles. The molecule has 10 nitrogen and oxygen atoms in total. The van der Waals surface area contributed by atoms with Gasteiger partial charge in [-0.25, -0.2) is 0 Å². The number of nitrogens with zero attached hydrogens (tertiary/aromatic N) is 1. The fourth-order valence-electron chi connectivity index (χ4n) is 4.21. The van der Waals surface area contributed by atoms with Gasteiger partial charge in [-0.1, -0.05) is 0 Å². The molecule has 194 valence electrons. The molecule has 4 aromatic rings. The minimum Gasteiger partial charge on any atom is -0.497 e. The summed E-state index contributed by atoms with van der Waals surface area (Å²) < 4.78 is 28.2.